The second-order valence-electron chi connectivity index (χ2n) is 3.44. The number of aliphatic imine (C=N–C) groups is 1. The molecule has 0 aliphatic heterocycles. The van der Waals surface area contributed by atoms with E-state index in [0.717, 1.165) is 0 Å². The summed E-state index contributed by atoms with van der Waals surface area (Å²) in [6.45, 7) is 8.68. The van der Waals surface area contributed by atoms with E-state index in [9.17, 15) is 0 Å². The summed E-state index contributed by atoms with van der Waals surface area (Å²) in [4.78, 5) is 6.46. The summed E-state index contributed by atoms with van der Waals surface area (Å²) in [5.74, 6) is 1.70. The van der Waals surface area contributed by atoms with E-state index >= 15 is 0 Å². The highest BCUT2D eigenvalue weighted by molar-refractivity contribution is 5.83. The molecular formula is C9H20N2. The van der Waals surface area contributed by atoms with Crippen LogP contribution in [0.1, 0.15) is 27.7 Å². The molecular weight excluding hydrogens is 136 g/mol. The fourth-order valence-corrected chi connectivity index (χ4v) is 1.09. The highest BCUT2D eigenvalue weighted by Gasteiger charge is 2.11. The first-order valence-electron chi connectivity index (χ1n) is 4.20. The quantitative estimate of drug-likeness (QED) is 0.441. The van der Waals surface area contributed by atoms with Crippen LogP contribution in [0.3, 0.4) is 0 Å². The molecule has 0 rings (SSSR count). The zero-order valence-corrected chi connectivity index (χ0v) is 8.55. The summed E-state index contributed by atoms with van der Waals surface area (Å²) in [6.07, 6.45) is 0. The molecule has 0 N–H and O–H groups in total. The average Bonchev–Trinajstić information content (AvgIpc) is 1.88. The topological polar surface area (TPSA) is 15.6 Å². The minimum atomic E-state index is 0.521. The van der Waals surface area contributed by atoms with E-state index in [1.165, 1.54) is 5.84 Å². The van der Waals surface area contributed by atoms with Crippen molar-refractivity contribution in [2.24, 2.45) is 10.9 Å². The van der Waals surface area contributed by atoms with Crippen molar-refractivity contribution in [1.29, 1.82) is 0 Å². The summed E-state index contributed by atoms with van der Waals surface area (Å²) in [5, 5.41) is 0. The Bertz CT molecular complexity index is 136. The lowest BCUT2D eigenvalue weighted by molar-refractivity contribution is 0.398. The van der Waals surface area contributed by atoms with Crippen molar-refractivity contribution in [3.63, 3.8) is 0 Å². The summed E-state index contributed by atoms with van der Waals surface area (Å²) in [7, 11) is 3.95. The van der Waals surface area contributed by atoms with Crippen LogP contribution in [0.4, 0.5) is 0 Å². The minimum absolute atomic E-state index is 0.521. The monoisotopic (exact) mass is 156 g/mol. The lowest BCUT2D eigenvalue weighted by atomic mass is 10.1. The Kier molecular flexibility index (Phi) is 4.16. The summed E-state index contributed by atoms with van der Waals surface area (Å²) < 4.78 is 0. The Morgan fingerprint density at radius 1 is 1.18 bits per heavy atom. The molecule has 0 fully saturated rings. The lowest BCUT2D eigenvalue weighted by Crippen LogP contribution is -2.36. The third-order valence-electron chi connectivity index (χ3n) is 1.88. The maximum atomic E-state index is 4.25. The molecule has 66 valence electrons. The van der Waals surface area contributed by atoms with Crippen LogP contribution >= 0.6 is 0 Å². The number of rotatable bonds is 2. The van der Waals surface area contributed by atoms with Gasteiger partial charge in [0.2, 0.25) is 0 Å². The minimum Gasteiger partial charge on any atom is -0.361 e. The maximum absolute atomic E-state index is 4.25. The molecule has 0 radical (unpaired) electrons. The highest BCUT2D eigenvalue weighted by atomic mass is 15.2. The van der Waals surface area contributed by atoms with Gasteiger partial charge in [-0.3, -0.25) is 4.99 Å². The van der Waals surface area contributed by atoms with Crippen LogP contribution < -0.4 is 0 Å². The van der Waals surface area contributed by atoms with E-state index in [1.807, 2.05) is 7.05 Å². The Balaban J connectivity index is 4.28. The molecule has 0 saturated heterocycles. The number of hydrogen-bond acceptors (Lipinski definition) is 1. The fourth-order valence-electron chi connectivity index (χ4n) is 1.09. The first kappa shape index (κ1) is 10.5. The molecule has 0 atom stereocenters. The van der Waals surface area contributed by atoms with Gasteiger partial charge in [-0.15, -0.1) is 0 Å². The molecule has 0 aliphatic carbocycles. The Morgan fingerprint density at radius 3 is 1.73 bits per heavy atom. The Labute approximate surface area is 70.3 Å². The van der Waals surface area contributed by atoms with Crippen LogP contribution in [0.15, 0.2) is 4.99 Å². The second-order valence-corrected chi connectivity index (χ2v) is 3.44. The first-order chi connectivity index (χ1) is 5.00. The van der Waals surface area contributed by atoms with Crippen LogP contribution in [-0.4, -0.2) is 30.9 Å². The summed E-state index contributed by atoms with van der Waals surface area (Å²) >= 11 is 0. The lowest BCUT2D eigenvalue weighted by Gasteiger charge is -2.27. The largest absolute Gasteiger partial charge is 0.361 e. The molecule has 2 nitrogen and oxygen atoms in total. The van der Waals surface area contributed by atoms with E-state index in [2.05, 4.69) is 44.6 Å². The van der Waals surface area contributed by atoms with E-state index in [0.29, 0.717) is 12.0 Å². The van der Waals surface area contributed by atoms with Crippen LogP contribution in [0.25, 0.3) is 0 Å². The molecule has 2 heteroatoms. The van der Waals surface area contributed by atoms with Gasteiger partial charge in [0.15, 0.2) is 0 Å². The van der Waals surface area contributed by atoms with E-state index in [-0.39, 0.29) is 0 Å². The van der Waals surface area contributed by atoms with Crippen molar-refractivity contribution >= 4 is 5.84 Å². The molecule has 0 heterocycles. The van der Waals surface area contributed by atoms with Gasteiger partial charge in [0, 0.05) is 26.1 Å². The van der Waals surface area contributed by atoms with E-state index < -0.39 is 0 Å². The normalized spacial score (nSPS) is 12.9. The molecule has 0 saturated carbocycles. The van der Waals surface area contributed by atoms with Gasteiger partial charge < -0.3 is 4.90 Å². The molecule has 0 aromatic rings. The molecule has 0 spiro atoms. The van der Waals surface area contributed by atoms with Crippen LogP contribution in [0.5, 0.6) is 0 Å². The molecule has 0 aliphatic rings. The van der Waals surface area contributed by atoms with E-state index in [1.54, 1.807) is 0 Å². The highest BCUT2D eigenvalue weighted by Crippen LogP contribution is 2.04. The smallest absolute Gasteiger partial charge is 0.101 e. The SMILES string of the molecule is CN=C(C(C)C)N(C)C(C)C. The maximum Gasteiger partial charge on any atom is 0.101 e. The number of amidine groups is 1. The zero-order valence-electron chi connectivity index (χ0n) is 8.55. The third-order valence-corrected chi connectivity index (χ3v) is 1.88. The number of hydrogen-bond donors (Lipinski definition) is 0. The van der Waals surface area contributed by atoms with Gasteiger partial charge in [0.05, 0.1) is 0 Å². The van der Waals surface area contributed by atoms with Crippen LogP contribution in [-0.2, 0) is 0 Å². The Morgan fingerprint density at radius 2 is 1.64 bits per heavy atom. The van der Waals surface area contributed by atoms with Crippen molar-refractivity contribution in [2.45, 2.75) is 33.7 Å². The van der Waals surface area contributed by atoms with Gasteiger partial charge in [-0.1, -0.05) is 13.8 Å². The summed E-state index contributed by atoms with van der Waals surface area (Å²) in [5.41, 5.74) is 0. The van der Waals surface area contributed by atoms with Crippen molar-refractivity contribution < 1.29 is 0 Å². The third kappa shape index (κ3) is 2.91. The molecule has 0 unspecified atom stereocenters. The van der Waals surface area contributed by atoms with Gasteiger partial charge in [-0.2, -0.15) is 0 Å². The molecule has 0 aromatic carbocycles. The predicted molar refractivity (Wildman–Crippen MR) is 51.1 cm³/mol. The van der Waals surface area contributed by atoms with Crippen LogP contribution in [0.2, 0.25) is 0 Å². The second kappa shape index (κ2) is 4.37. The molecule has 0 amide bonds. The summed E-state index contributed by atoms with van der Waals surface area (Å²) in [6, 6.07) is 0.538. The van der Waals surface area contributed by atoms with Gasteiger partial charge in [-0.05, 0) is 13.8 Å². The fraction of sp³-hybridized carbons (Fsp3) is 0.889. The van der Waals surface area contributed by atoms with Crippen molar-refractivity contribution in [3.8, 4) is 0 Å². The number of nitrogens with zero attached hydrogens (tertiary/aromatic N) is 2. The van der Waals surface area contributed by atoms with Gasteiger partial charge in [0.1, 0.15) is 5.84 Å². The molecule has 0 bridgehead atoms. The van der Waals surface area contributed by atoms with Gasteiger partial charge in [-0.25, -0.2) is 0 Å². The molecule has 11 heavy (non-hydrogen) atoms. The standard InChI is InChI=1S/C9H20N2/c1-7(2)9(10-5)11(6)8(3)4/h7-8H,1-6H3. The molecule has 0 aromatic heterocycles. The van der Waals surface area contributed by atoms with Gasteiger partial charge >= 0.3 is 0 Å². The zero-order chi connectivity index (χ0) is 9.02. The van der Waals surface area contributed by atoms with E-state index in [4.69, 9.17) is 0 Å². The first-order valence-corrected chi connectivity index (χ1v) is 4.20. The van der Waals surface area contributed by atoms with Crippen molar-refractivity contribution in [1.82, 2.24) is 4.90 Å². The average molecular weight is 156 g/mol. The van der Waals surface area contributed by atoms with Crippen molar-refractivity contribution in [3.05, 3.63) is 0 Å². The predicted octanol–water partition coefficient (Wildman–Crippen LogP) is 2.01. The Hall–Kier alpha value is -0.530. The van der Waals surface area contributed by atoms with Crippen molar-refractivity contribution in [2.75, 3.05) is 14.1 Å². The van der Waals surface area contributed by atoms with Crippen LogP contribution in [0, 0.1) is 5.92 Å². The van der Waals surface area contributed by atoms with Gasteiger partial charge in [0.25, 0.3) is 0 Å².